The molecular weight excluding hydrogens is 410 g/mol. The minimum Gasteiger partial charge on any atom is -0.495 e. The molecule has 3 aromatic heterocycles. The van der Waals surface area contributed by atoms with Crippen LogP contribution in [0.1, 0.15) is 10.6 Å². The molecule has 8 nitrogen and oxygen atoms in total. The molecule has 0 aliphatic rings. The first-order chi connectivity index (χ1) is 12.1. The Morgan fingerprint density at radius 3 is 2.96 bits per heavy atom. The number of methoxy groups -OCH3 is 1. The summed E-state index contributed by atoms with van der Waals surface area (Å²) in [5.41, 5.74) is 1.34. The molecule has 0 saturated carbocycles. The first kappa shape index (κ1) is 15.8. The third kappa shape index (κ3) is 3.01. The van der Waals surface area contributed by atoms with Gasteiger partial charge in [0.2, 0.25) is 4.96 Å². The number of anilines is 1. The monoisotopic (exact) mass is 419 g/mol. The van der Waals surface area contributed by atoms with Crippen LogP contribution in [0.4, 0.5) is 5.69 Å². The Morgan fingerprint density at radius 1 is 1.36 bits per heavy atom. The highest BCUT2D eigenvalue weighted by Crippen LogP contribution is 2.33. The van der Waals surface area contributed by atoms with Crippen molar-refractivity contribution in [1.82, 2.24) is 19.8 Å². The van der Waals surface area contributed by atoms with Crippen LogP contribution in [0.5, 0.6) is 5.75 Å². The zero-order valence-electron chi connectivity index (χ0n) is 12.8. The van der Waals surface area contributed by atoms with Crippen LogP contribution in [-0.2, 0) is 0 Å². The highest BCUT2D eigenvalue weighted by Gasteiger charge is 2.16. The fraction of sp³-hybridized carbons (Fsp3) is 0.0667. The van der Waals surface area contributed by atoms with Gasteiger partial charge in [-0.15, -0.1) is 10.2 Å². The number of aromatic nitrogens is 4. The van der Waals surface area contributed by atoms with Crippen LogP contribution in [-0.4, -0.2) is 32.8 Å². The molecule has 1 amide bonds. The lowest BCUT2D eigenvalue weighted by Crippen LogP contribution is -2.11. The zero-order valence-corrected chi connectivity index (χ0v) is 15.2. The number of hydrogen-bond acceptors (Lipinski definition) is 7. The van der Waals surface area contributed by atoms with Crippen molar-refractivity contribution in [3.05, 3.63) is 47.1 Å². The van der Waals surface area contributed by atoms with Gasteiger partial charge >= 0.3 is 0 Å². The predicted molar refractivity (Wildman–Crippen MR) is 95.0 cm³/mol. The topological polar surface area (TPSA) is 94.5 Å². The Hall–Kier alpha value is -2.72. The number of amides is 1. The smallest absolute Gasteiger partial charge is 0.291 e. The summed E-state index contributed by atoms with van der Waals surface area (Å²) in [5.74, 6) is 0.350. The minimum atomic E-state index is -0.376. The van der Waals surface area contributed by atoms with E-state index in [4.69, 9.17) is 9.15 Å². The average Bonchev–Trinajstić information content (AvgIpc) is 3.30. The van der Waals surface area contributed by atoms with Crippen molar-refractivity contribution in [1.29, 1.82) is 0 Å². The van der Waals surface area contributed by atoms with E-state index in [-0.39, 0.29) is 11.7 Å². The third-order valence-corrected chi connectivity index (χ3v) is 4.77. The molecule has 0 saturated heterocycles. The van der Waals surface area contributed by atoms with Crippen LogP contribution >= 0.6 is 27.3 Å². The van der Waals surface area contributed by atoms with Gasteiger partial charge in [-0.1, -0.05) is 11.3 Å². The third-order valence-electron chi connectivity index (χ3n) is 3.38. The van der Waals surface area contributed by atoms with Crippen LogP contribution in [0.3, 0.4) is 0 Å². The van der Waals surface area contributed by atoms with E-state index in [1.807, 2.05) is 6.07 Å². The molecule has 0 unspecified atom stereocenters. The lowest BCUT2D eigenvalue weighted by atomic mass is 10.2. The fourth-order valence-electron chi connectivity index (χ4n) is 2.24. The van der Waals surface area contributed by atoms with Gasteiger partial charge in [0, 0.05) is 5.56 Å². The van der Waals surface area contributed by atoms with Crippen LogP contribution in [0.2, 0.25) is 0 Å². The average molecular weight is 420 g/mol. The lowest BCUT2D eigenvalue weighted by Gasteiger charge is -2.10. The van der Waals surface area contributed by atoms with Crippen molar-refractivity contribution in [2.75, 3.05) is 12.4 Å². The number of benzene rings is 1. The number of furan rings is 1. The first-order valence-electron chi connectivity index (χ1n) is 7.06. The Bertz CT molecular complexity index is 1040. The summed E-state index contributed by atoms with van der Waals surface area (Å²) in [6.45, 7) is 0. The Balaban J connectivity index is 1.68. The Kier molecular flexibility index (Phi) is 3.98. The van der Waals surface area contributed by atoms with Gasteiger partial charge in [0.1, 0.15) is 17.1 Å². The number of hydrogen-bond donors (Lipinski definition) is 1. The van der Waals surface area contributed by atoms with E-state index < -0.39 is 0 Å². The number of carbonyl (C=O) groups excluding carboxylic acids is 1. The second kappa shape index (κ2) is 6.30. The summed E-state index contributed by atoms with van der Waals surface area (Å²) >= 11 is 4.58. The number of halogens is 1. The molecule has 10 heteroatoms. The number of nitrogens with zero attached hydrogens (tertiary/aromatic N) is 4. The molecule has 4 rings (SSSR count). The molecule has 1 aromatic carbocycles. The second-order valence-corrected chi connectivity index (χ2v) is 6.68. The van der Waals surface area contributed by atoms with E-state index in [1.165, 1.54) is 24.8 Å². The summed E-state index contributed by atoms with van der Waals surface area (Å²) in [4.78, 5) is 13.0. The first-order valence-corrected chi connectivity index (χ1v) is 8.67. The molecular formula is C15H10BrN5O3S. The highest BCUT2D eigenvalue weighted by atomic mass is 79.9. The molecule has 0 radical (unpaired) electrons. The molecule has 0 aliphatic heterocycles. The van der Waals surface area contributed by atoms with Crippen LogP contribution < -0.4 is 10.1 Å². The molecule has 0 spiro atoms. The number of nitrogens with one attached hydrogen (secondary N) is 1. The maximum atomic E-state index is 12.3. The summed E-state index contributed by atoms with van der Waals surface area (Å²) in [7, 11) is 1.54. The van der Waals surface area contributed by atoms with Crippen molar-refractivity contribution >= 4 is 43.8 Å². The van der Waals surface area contributed by atoms with E-state index in [1.54, 1.807) is 28.8 Å². The normalized spacial score (nSPS) is 11.0. The highest BCUT2D eigenvalue weighted by molar-refractivity contribution is 9.10. The van der Waals surface area contributed by atoms with Gasteiger partial charge in [-0.3, -0.25) is 4.79 Å². The molecule has 0 atom stereocenters. The van der Waals surface area contributed by atoms with Crippen LogP contribution in [0.15, 0.2) is 45.7 Å². The van der Waals surface area contributed by atoms with E-state index in [9.17, 15) is 4.79 Å². The minimum absolute atomic E-state index is 0.193. The molecule has 0 bridgehead atoms. The maximum Gasteiger partial charge on any atom is 0.291 e. The molecule has 0 fully saturated rings. The quantitative estimate of drug-likeness (QED) is 0.544. The van der Waals surface area contributed by atoms with E-state index >= 15 is 0 Å². The molecule has 3 heterocycles. The van der Waals surface area contributed by atoms with Crippen molar-refractivity contribution < 1.29 is 13.9 Å². The Labute approximate surface area is 153 Å². The molecule has 126 valence electrons. The zero-order chi connectivity index (χ0) is 17.4. The number of fused-ring (bicyclic) bond motifs is 1. The fourth-order valence-corrected chi connectivity index (χ4v) is 3.36. The second-order valence-electron chi connectivity index (χ2n) is 4.94. The van der Waals surface area contributed by atoms with Crippen LogP contribution in [0, 0.1) is 0 Å². The largest absolute Gasteiger partial charge is 0.495 e. The van der Waals surface area contributed by atoms with Crippen LogP contribution in [0.25, 0.3) is 15.5 Å². The van der Waals surface area contributed by atoms with Crippen molar-refractivity contribution in [3.63, 3.8) is 0 Å². The molecule has 1 N–H and O–H groups in total. The van der Waals surface area contributed by atoms with Gasteiger partial charge in [-0.05, 0) is 46.3 Å². The van der Waals surface area contributed by atoms with Crippen molar-refractivity contribution in [2.24, 2.45) is 0 Å². The van der Waals surface area contributed by atoms with Gasteiger partial charge < -0.3 is 14.5 Å². The SMILES string of the molecule is COc1ccc(-c2nn3cnnc3s2)cc1NC(=O)c1ccc(Br)o1. The van der Waals surface area contributed by atoms with Crippen molar-refractivity contribution in [3.8, 4) is 16.3 Å². The van der Waals surface area contributed by atoms with E-state index in [0.717, 1.165) is 10.6 Å². The Morgan fingerprint density at radius 2 is 2.24 bits per heavy atom. The molecule has 4 aromatic rings. The van der Waals surface area contributed by atoms with Gasteiger partial charge in [-0.2, -0.15) is 9.61 Å². The van der Waals surface area contributed by atoms with Gasteiger partial charge in [0.05, 0.1) is 12.8 Å². The lowest BCUT2D eigenvalue weighted by molar-refractivity contribution is 0.0995. The van der Waals surface area contributed by atoms with E-state index in [0.29, 0.717) is 21.1 Å². The van der Waals surface area contributed by atoms with Gasteiger partial charge in [-0.25, -0.2) is 0 Å². The summed E-state index contributed by atoms with van der Waals surface area (Å²) in [6, 6.07) is 8.66. The maximum absolute atomic E-state index is 12.3. The standard InChI is InChI=1S/C15H10BrN5O3S/c1-23-10-3-2-8(14-20-21-7-17-19-15(21)25-14)6-9(10)18-13(22)11-4-5-12(16)24-11/h2-7H,1H3,(H,18,22). The predicted octanol–water partition coefficient (Wildman–Crippen LogP) is 3.47. The van der Waals surface area contributed by atoms with E-state index in [2.05, 4.69) is 36.5 Å². The summed E-state index contributed by atoms with van der Waals surface area (Å²) < 4.78 is 12.7. The van der Waals surface area contributed by atoms with Gasteiger partial charge in [0.25, 0.3) is 5.91 Å². The number of carbonyl (C=O) groups is 1. The summed E-state index contributed by atoms with van der Waals surface area (Å²) in [5, 5.41) is 15.7. The molecule has 0 aliphatic carbocycles. The molecule has 25 heavy (non-hydrogen) atoms. The number of rotatable bonds is 4. The number of ether oxygens (including phenoxy) is 1. The summed E-state index contributed by atoms with van der Waals surface area (Å²) in [6.07, 6.45) is 1.54. The van der Waals surface area contributed by atoms with Gasteiger partial charge in [0.15, 0.2) is 10.4 Å². The van der Waals surface area contributed by atoms with Crippen molar-refractivity contribution in [2.45, 2.75) is 0 Å².